The molecular formula is C13H24N2O3. The zero-order chi connectivity index (χ0) is 14.0. The Kier molecular flexibility index (Phi) is 4.24. The summed E-state index contributed by atoms with van der Waals surface area (Å²) in [6, 6.07) is 0. The van der Waals surface area contributed by atoms with E-state index in [1.54, 1.807) is 4.90 Å². The van der Waals surface area contributed by atoms with Crippen LogP contribution in [0.4, 0.5) is 4.79 Å². The van der Waals surface area contributed by atoms with E-state index in [1.807, 2.05) is 27.7 Å². The molecule has 0 aliphatic carbocycles. The molecule has 0 aromatic rings. The molecule has 0 atom stereocenters. The first-order chi connectivity index (χ1) is 8.11. The highest BCUT2D eigenvalue weighted by atomic mass is 16.6. The number of carbonyl (C=O) groups is 2. The van der Waals surface area contributed by atoms with Crippen LogP contribution in [0.2, 0.25) is 0 Å². The second-order valence-electron chi connectivity index (χ2n) is 6.42. The number of hydrogen-bond donors (Lipinski definition) is 1. The van der Waals surface area contributed by atoms with E-state index >= 15 is 0 Å². The smallest absolute Gasteiger partial charge is 0.410 e. The van der Waals surface area contributed by atoms with Crippen molar-refractivity contribution in [3.63, 3.8) is 0 Å². The third-order valence-electron chi connectivity index (χ3n) is 3.22. The van der Waals surface area contributed by atoms with Crippen LogP contribution >= 0.6 is 0 Å². The summed E-state index contributed by atoms with van der Waals surface area (Å²) >= 11 is 0. The predicted octanol–water partition coefficient (Wildman–Crippen LogP) is 1.90. The van der Waals surface area contributed by atoms with Gasteiger partial charge in [0.05, 0.1) is 0 Å². The lowest BCUT2D eigenvalue weighted by Gasteiger charge is -2.39. The number of nitrogens with two attached hydrogens (primary N) is 1. The van der Waals surface area contributed by atoms with E-state index in [0.29, 0.717) is 19.5 Å². The van der Waals surface area contributed by atoms with E-state index in [1.165, 1.54) is 0 Å². The van der Waals surface area contributed by atoms with Crippen LogP contribution in [-0.4, -0.2) is 35.6 Å². The Balaban J connectivity index is 2.48. The van der Waals surface area contributed by atoms with Crippen LogP contribution in [0.15, 0.2) is 0 Å². The van der Waals surface area contributed by atoms with Gasteiger partial charge in [0.2, 0.25) is 5.91 Å². The summed E-state index contributed by atoms with van der Waals surface area (Å²) in [5, 5.41) is 0. The fourth-order valence-corrected chi connectivity index (χ4v) is 2.15. The van der Waals surface area contributed by atoms with Gasteiger partial charge in [-0.25, -0.2) is 4.79 Å². The molecule has 1 saturated heterocycles. The Morgan fingerprint density at radius 3 is 2.17 bits per heavy atom. The van der Waals surface area contributed by atoms with Crippen molar-refractivity contribution in [1.82, 2.24) is 4.90 Å². The third-order valence-corrected chi connectivity index (χ3v) is 3.22. The maximum Gasteiger partial charge on any atom is 0.410 e. The van der Waals surface area contributed by atoms with Gasteiger partial charge < -0.3 is 15.4 Å². The first-order valence-corrected chi connectivity index (χ1v) is 6.38. The minimum Gasteiger partial charge on any atom is -0.444 e. The molecule has 1 aliphatic rings. The summed E-state index contributed by atoms with van der Waals surface area (Å²) in [4.78, 5) is 24.6. The topological polar surface area (TPSA) is 72.6 Å². The van der Waals surface area contributed by atoms with Crippen LogP contribution in [0.25, 0.3) is 0 Å². The Morgan fingerprint density at radius 1 is 1.28 bits per heavy atom. The number of ether oxygens (including phenoxy) is 1. The van der Waals surface area contributed by atoms with Gasteiger partial charge in [-0.05, 0) is 39.0 Å². The normalized spacial score (nSPS) is 19.4. The molecule has 0 radical (unpaired) electrons. The maximum absolute atomic E-state index is 11.9. The molecule has 1 rings (SSSR count). The second kappa shape index (κ2) is 5.16. The molecule has 0 spiro atoms. The van der Waals surface area contributed by atoms with Crippen molar-refractivity contribution in [3.8, 4) is 0 Å². The second-order valence-corrected chi connectivity index (χ2v) is 6.42. The molecule has 104 valence electrons. The van der Waals surface area contributed by atoms with Crippen molar-refractivity contribution >= 4 is 12.0 Å². The summed E-state index contributed by atoms with van der Waals surface area (Å²) in [5.74, 6) is -0.275. The molecule has 0 aromatic heterocycles. The van der Waals surface area contributed by atoms with E-state index < -0.39 is 5.60 Å². The lowest BCUT2D eigenvalue weighted by atomic mass is 9.77. The van der Waals surface area contributed by atoms with E-state index in [9.17, 15) is 9.59 Å². The summed E-state index contributed by atoms with van der Waals surface area (Å²) in [7, 11) is 0. The number of carbonyl (C=O) groups excluding carboxylic acids is 2. The molecule has 5 nitrogen and oxygen atoms in total. The van der Waals surface area contributed by atoms with Gasteiger partial charge in [-0.1, -0.05) is 6.92 Å². The predicted molar refractivity (Wildman–Crippen MR) is 69.0 cm³/mol. The summed E-state index contributed by atoms with van der Waals surface area (Å²) in [6.07, 6.45) is 1.68. The average molecular weight is 256 g/mol. The quantitative estimate of drug-likeness (QED) is 0.820. The molecule has 5 heteroatoms. The standard InChI is InChI=1S/C13H24N2O3/c1-12(2,3)18-11(17)15-7-5-13(4,6-8-15)9-10(14)16/h5-9H2,1-4H3,(H2,14,16). The van der Waals surface area contributed by atoms with Crippen molar-refractivity contribution in [2.24, 2.45) is 11.1 Å². The molecule has 0 bridgehead atoms. The van der Waals surface area contributed by atoms with Gasteiger partial charge >= 0.3 is 6.09 Å². The van der Waals surface area contributed by atoms with Crippen molar-refractivity contribution < 1.29 is 14.3 Å². The number of hydrogen-bond acceptors (Lipinski definition) is 3. The number of amides is 2. The summed E-state index contributed by atoms with van der Waals surface area (Å²) in [6.45, 7) is 8.85. The van der Waals surface area contributed by atoms with Gasteiger partial charge in [0, 0.05) is 19.5 Å². The minimum absolute atomic E-state index is 0.0790. The molecular weight excluding hydrogens is 232 g/mol. The highest BCUT2D eigenvalue weighted by Gasteiger charge is 2.34. The lowest BCUT2D eigenvalue weighted by molar-refractivity contribution is -0.120. The molecule has 1 fully saturated rings. The number of nitrogens with zero attached hydrogens (tertiary/aromatic N) is 1. The third kappa shape index (κ3) is 4.55. The van der Waals surface area contributed by atoms with Crippen LogP contribution in [0.1, 0.15) is 47.0 Å². The van der Waals surface area contributed by atoms with E-state index in [0.717, 1.165) is 12.8 Å². The first kappa shape index (κ1) is 14.8. The van der Waals surface area contributed by atoms with Crippen LogP contribution in [0.3, 0.4) is 0 Å². The van der Waals surface area contributed by atoms with Crippen LogP contribution in [0.5, 0.6) is 0 Å². The Bertz CT molecular complexity index is 326. The summed E-state index contributed by atoms with van der Waals surface area (Å²) in [5.41, 5.74) is 4.70. The molecule has 0 aromatic carbocycles. The van der Waals surface area contributed by atoms with E-state index in [-0.39, 0.29) is 17.4 Å². The number of likely N-dealkylation sites (tertiary alicyclic amines) is 1. The van der Waals surface area contributed by atoms with Gasteiger partial charge in [-0.3, -0.25) is 4.79 Å². The average Bonchev–Trinajstić information content (AvgIpc) is 2.13. The number of rotatable bonds is 2. The lowest BCUT2D eigenvalue weighted by Crippen LogP contribution is -2.45. The zero-order valence-electron chi connectivity index (χ0n) is 11.8. The summed E-state index contributed by atoms with van der Waals surface area (Å²) < 4.78 is 5.32. The van der Waals surface area contributed by atoms with E-state index in [4.69, 9.17) is 10.5 Å². The zero-order valence-corrected chi connectivity index (χ0v) is 11.8. The van der Waals surface area contributed by atoms with Crippen LogP contribution in [0, 0.1) is 5.41 Å². The highest BCUT2D eigenvalue weighted by molar-refractivity contribution is 5.74. The molecule has 2 amide bonds. The van der Waals surface area contributed by atoms with Crippen molar-refractivity contribution in [2.75, 3.05) is 13.1 Å². The van der Waals surface area contributed by atoms with Crippen molar-refractivity contribution in [3.05, 3.63) is 0 Å². The van der Waals surface area contributed by atoms with Crippen LogP contribution < -0.4 is 5.73 Å². The van der Waals surface area contributed by atoms with Gasteiger partial charge in [0.25, 0.3) is 0 Å². The molecule has 1 aliphatic heterocycles. The van der Waals surface area contributed by atoms with Crippen molar-refractivity contribution in [1.29, 1.82) is 0 Å². The van der Waals surface area contributed by atoms with Gasteiger partial charge in [-0.15, -0.1) is 0 Å². The monoisotopic (exact) mass is 256 g/mol. The van der Waals surface area contributed by atoms with Crippen molar-refractivity contribution in [2.45, 2.75) is 52.6 Å². The molecule has 2 N–H and O–H groups in total. The van der Waals surface area contributed by atoms with Gasteiger partial charge in [0.15, 0.2) is 0 Å². The SMILES string of the molecule is CC1(CC(N)=O)CCN(C(=O)OC(C)(C)C)CC1. The first-order valence-electron chi connectivity index (χ1n) is 6.38. The van der Waals surface area contributed by atoms with Gasteiger partial charge in [0.1, 0.15) is 5.60 Å². The Morgan fingerprint density at radius 2 is 1.78 bits per heavy atom. The number of piperidine rings is 1. The van der Waals surface area contributed by atoms with Gasteiger partial charge in [-0.2, -0.15) is 0 Å². The number of primary amides is 1. The molecule has 0 saturated carbocycles. The largest absolute Gasteiger partial charge is 0.444 e. The van der Waals surface area contributed by atoms with E-state index in [2.05, 4.69) is 0 Å². The molecule has 1 heterocycles. The fourth-order valence-electron chi connectivity index (χ4n) is 2.15. The highest BCUT2D eigenvalue weighted by Crippen LogP contribution is 2.34. The maximum atomic E-state index is 11.9. The Labute approximate surface area is 109 Å². The molecule has 18 heavy (non-hydrogen) atoms. The minimum atomic E-state index is -0.467. The van der Waals surface area contributed by atoms with Crippen LogP contribution in [-0.2, 0) is 9.53 Å². The Hall–Kier alpha value is -1.26. The molecule has 0 unspecified atom stereocenters. The fraction of sp³-hybridized carbons (Fsp3) is 0.846.